The minimum Gasteiger partial charge on any atom is -0.504 e. The second-order valence-corrected chi connectivity index (χ2v) is 8.89. The van der Waals surface area contributed by atoms with Gasteiger partial charge in [-0.1, -0.05) is 18.2 Å². The van der Waals surface area contributed by atoms with Crippen LogP contribution < -0.4 is 19.5 Å². The molecule has 0 radical (unpaired) electrons. The van der Waals surface area contributed by atoms with Gasteiger partial charge in [0.15, 0.2) is 28.7 Å². The predicted octanol–water partition coefficient (Wildman–Crippen LogP) is 4.65. The van der Waals surface area contributed by atoms with Gasteiger partial charge < -0.3 is 39.4 Å². The first-order valence-corrected chi connectivity index (χ1v) is 12.2. The van der Waals surface area contributed by atoms with E-state index in [4.69, 9.17) is 14.2 Å². The number of phenols is 3. The summed E-state index contributed by atoms with van der Waals surface area (Å²) in [4.78, 5) is 17.0. The summed E-state index contributed by atoms with van der Waals surface area (Å²) in [6.45, 7) is 0.175. The Morgan fingerprint density at radius 1 is 0.900 bits per heavy atom. The van der Waals surface area contributed by atoms with E-state index in [0.29, 0.717) is 28.5 Å². The van der Waals surface area contributed by atoms with Gasteiger partial charge in [0, 0.05) is 29.0 Å². The molecule has 5 aromatic rings. The van der Waals surface area contributed by atoms with Crippen molar-refractivity contribution in [3.8, 4) is 40.2 Å². The van der Waals surface area contributed by atoms with Crippen LogP contribution in [-0.2, 0) is 11.3 Å². The van der Waals surface area contributed by atoms with Crippen molar-refractivity contribution < 1.29 is 34.3 Å². The van der Waals surface area contributed by atoms with Crippen LogP contribution in [0.4, 0.5) is 0 Å². The zero-order chi connectivity index (χ0) is 28.4. The van der Waals surface area contributed by atoms with Crippen molar-refractivity contribution in [3.63, 3.8) is 0 Å². The molecule has 0 bridgehead atoms. The van der Waals surface area contributed by atoms with Gasteiger partial charge in [0.2, 0.25) is 11.7 Å². The third-order valence-electron chi connectivity index (χ3n) is 6.49. The molecule has 10 nitrogen and oxygen atoms in total. The summed E-state index contributed by atoms with van der Waals surface area (Å²) in [6.07, 6.45) is 4.44. The zero-order valence-corrected chi connectivity index (χ0v) is 22.0. The summed E-state index contributed by atoms with van der Waals surface area (Å²) in [5.74, 6) is -0.421. The molecule has 0 spiro atoms. The summed E-state index contributed by atoms with van der Waals surface area (Å²) < 4.78 is 18.7. The third-order valence-corrected chi connectivity index (χ3v) is 6.49. The van der Waals surface area contributed by atoms with Crippen molar-refractivity contribution in [1.82, 2.24) is 14.9 Å². The largest absolute Gasteiger partial charge is 0.504 e. The summed E-state index contributed by atoms with van der Waals surface area (Å²) in [6, 6.07) is 16.1. The number of nitrogens with zero attached hydrogens (tertiary/aromatic N) is 2. The highest BCUT2D eigenvalue weighted by Gasteiger charge is 2.18. The number of nitrogens with one attached hydrogen (secondary N) is 1. The first-order valence-electron chi connectivity index (χ1n) is 12.2. The molecule has 0 fully saturated rings. The second-order valence-electron chi connectivity index (χ2n) is 8.89. The van der Waals surface area contributed by atoms with Crippen LogP contribution in [0.15, 0.2) is 66.9 Å². The SMILES string of the molecule is COc1cc(-n2c3ccccc3c3cc(CNC(=O)/C=C/c4cc(O)c(O)c(O)c4)ncc32)cc(OC)c1OC. The summed E-state index contributed by atoms with van der Waals surface area (Å²) in [5, 5.41) is 33.5. The highest BCUT2D eigenvalue weighted by Crippen LogP contribution is 2.41. The Labute approximate surface area is 229 Å². The molecule has 2 aromatic heterocycles. The molecule has 0 unspecified atom stereocenters. The highest BCUT2D eigenvalue weighted by atomic mass is 16.5. The number of benzene rings is 3. The van der Waals surface area contributed by atoms with Crippen molar-refractivity contribution in [2.24, 2.45) is 0 Å². The molecule has 0 saturated carbocycles. The van der Waals surface area contributed by atoms with E-state index in [1.165, 1.54) is 24.3 Å². The van der Waals surface area contributed by atoms with Crippen LogP contribution in [0, 0.1) is 0 Å². The molecule has 5 rings (SSSR count). The molecule has 0 aliphatic heterocycles. The molecule has 1 amide bonds. The van der Waals surface area contributed by atoms with Crippen molar-refractivity contribution in [1.29, 1.82) is 0 Å². The van der Waals surface area contributed by atoms with Gasteiger partial charge in [0.25, 0.3) is 0 Å². The number of methoxy groups -OCH3 is 3. The number of pyridine rings is 1. The minimum atomic E-state index is -0.616. The fourth-order valence-electron chi connectivity index (χ4n) is 4.61. The third kappa shape index (κ3) is 4.78. The lowest BCUT2D eigenvalue weighted by molar-refractivity contribution is -0.116. The summed E-state index contributed by atoms with van der Waals surface area (Å²) in [5.41, 5.74) is 3.62. The van der Waals surface area contributed by atoms with E-state index in [0.717, 1.165) is 27.5 Å². The standard InChI is InChI=1S/C30H27N3O7/c1-38-26-13-19(14-27(39-2)30(26)40-3)33-22-7-5-4-6-20(22)21-12-18(31-16-23(21)33)15-32-28(36)9-8-17-10-24(34)29(37)25(35)11-17/h4-14,16,34-35,37H,15H2,1-3H3,(H,32,36)/b9-8+. The van der Waals surface area contributed by atoms with Crippen LogP contribution in [0.25, 0.3) is 33.6 Å². The Bertz CT molecular complexity index is 1730. The Hall–Kier alpha value is -5.38. The van der Waals surface area contributed by atoms with E-state index in [-0.39, 0.29) is 6.54 Å². The van der Waals surface area contributed by atoms with Crippen LogP contribution >= 0.6 is 0 Å². The number of hydrogen-bond donors (Lipinski definition) is 4. The maximum absolute atomic E-state index is 12.4. The lowest BCUT2D eigenvalue weighted by Crippen LogP contribution is -2.20. The first kappa shape index (κ1) is 26.2. The van der Waals surface area contributed by atoms with Gasteiger partial charge in [-0.05, 0) is 35.9 Å². The zero-order valence-electron chi connectivity index (χ0n) is 22.0. The summed E-state index contributed by atoms with van der Waals surface area (Å²) >= 11 is 0. The van der Waals surface area contributed by atoms with E-state index >= 15 is 0 Å². The van der Waals surface area contributed by atoms with E-state index in [2.05, 4.69) is 14.9 Å². The maximum atomic E-state index is 12.4. The van der Waals surface area contributed by atoms with Gasteiger partial charge in [-0.25, -0.2) is 0 Å². The van der Waals surface area contributed by atoms with Crippen LogP contribution in [0.5, 0.6) is 34.5 Å². The topological polar surface area (TPSA) is 135 Å². The van der Waals surface area contributed by atoms with Crippen LogP contribution in [0.3, 0.4) is 0 Å². The normalized spacial score (nSPS) is 11.3. The fraction of sp³-hybridized carbons (Fsp3) is 0.133. The summed E-state index contributed by atoms with van der Waals surface area (Å²) in [7, 11) is 4.70. The number of fused-ring (bicyclic) bond motifs is 3. The number of carbonyl (C=O) groups excluding carboxylic acids is 1. The average Bonchev–Trinajstić information content (AvgIpc) is 3.30. The number of amides is 1. The Kier molecular flexibility index (Phi) is 7.07. The number of carbonyl (C=O) groups is 1. The number of phenolic OH excluding ortho intramolecular Hbond substituents is 3. The number of para-hydroxylation sites is 1. The molecule has 204 valence electrons. The van der Waals surface area contributed by atoms with Gasteiger partial charge in [-0.15, -0.1) is 0 Å². The molecule has 0 atom stereocenters. The number of aromatic nitrogens is 2. The molecule has 40 heavy (non-hydrogen) atoms. The first-order chi connectivity index (χ1) is 19.3. The highest BCUT2D eigenvalue weighted by molar-refractivity contribution is 6.09. The Morgan fingerprint density at radius 3 is 2.23 bits per heavy atom. The lowest BCUT2D eigenvalue weighted by atomic mass is 10.1. The molecule has 0 saturated heterocycles. The quantitative estimate of drug-likeness (QED) is 0.165. The maximum Gasteiger partial charge on any atom is 0.244 e. The molecule has 3 aromatic carbocycles. The van der Waals surface area contributed by atoms with Crippen LogP contribution in [0.1, 0.15) is 11.3 Å². The van der Waals surface area contributed by atoms with Gasteiger partial charge in [-0.2, -0.15) is 0 Å². The van der Waals surface area contributed by atoms with Gasteiger partial charge >= 0.3 is 0 Å². The molecule has 4 N–H and O–H groups in total. The average molecular weight is 542 g/mol. The van der Waals surface area contributed by atoms with Crippen LogP contribution in [-0.4, -0.2) is 52.1 Å². The van der Waals surface area contributed by atoms with Crippen molar-refractivity contribution in [3.05, 3.63) is 78.1 Å². The predicted molar refractivity (Wildman–Crippen MR) is 151 cm³/mol. The molecule has 0 aliphatic rings. The number of hydrogen-bond acceptors (Lipinski definition) is 8. The van der Waals surface area contributed by atoms with E-state index in [1.807, 2.05) is 42.5 Å². The van der Waals surface area contributed by atoms with Crippen molar-refractivity contribution in [2.75, 3.05) is 21.3 Å². The molecule has 2 heterocycles. The minimum absolute atomic E-state index is 0.175. The van der Waals surface area contributed by atoms with Crippen molar-refractivity contribution in [2.45, 2.75) is 6.54 Å². The van der Waals surface area contributed by atoms with Gasteiger partial charge in [0.1, 0.15) is 0 Å². The van der Waals surface area contributed by atoms with Crippen LogP contribution in [0.2, 0.25) is 0 Å². The smallest absolute Gasteiger partial charge is 0.244 e. The molecular weight excluding hydrogens is 514 g/mol. The number of ether oxygens (including phenoxy) is 3. The Balaban J connectivity index is 1.46. The van der Waals surface area contributed by atoms with E-state index in [1.54, 1.807) is 27.5 Å². The van der Waals surface area contributed by atoms with Gasteiger partial charge in [-0.3, -0.25) is 9.78 Å². The molecular formula is C30H27N3O7. The van der Waals surface area contributed by atoms with Crippen molar-refractivity contribution >= 4 is 33.8 Å². The fourth-order valence-corrected chi connectivity index (χ4v) is 4.61. The number of aromatic hydroxyl groups is 3. The Morgan fingerprint density at radius 2 is 1.57 bits per heavy atom. The van der Waals surface area contributed by atoms with E-state index < -0.39 is 23.2 Å². The van der Waals surface area contributed by atoms with Gasteiger partial charge in [0.05, 0.1) is 56.5 Å². The monoisotopic (exact) mass is 541 g/mol. The molecule has 10 heteroatoms. The number of rotatable bonds is 8. The second kappa shape index (κ2) is 10.8. The lowest BCUT2D eigenvalue weighted by Gasteiger charge is -2.16. The molecule has 0 aliphatic carbocycles. The van der Waals surface area contributed by atoms with E-state index in [9.17, 15) is 20.1 Å².